The van der Waals surface area contributed by atoms with Gasteiger partial charge in [-0.1, -0.05) is 17.7 Å². The number of nitrogens with zero attached hydrogens (tertiary/aromatic N) is 1. The zero-order chi connectivity index (χ0) is 14.0. The van der Waals surface area contributed by atoms with Crippen molar-refractivity contribution in [3.8, 4) is 0 Å². The average Bonchev–Trinajstić information content (AvgIpc) is 2.80. The lowest BCUT2D eigenvalue weighted by Crippen LogP contribution is -2.27. The van der Waals surface area contributed by atoms with Gasteiger partial charge in [0.2, 0.25) is 10.0 Å². The Kier molecular flexibility index (Phi) is 3.73. The smallest absolute Gasteiger partial charge is 0.241 e. The van der Waals surface area contributed by atoms with E-state index in [0.29, 0.717) is 4.90 Å². The molecule has 102 valence electrons. The Morgan fingerprint density at radius 3 is 2.63 bits per heavy atom. The third kappa shape index (κ3) is 3.02. The highest BCUT2D eigenvalue weighted by atomic mass is 32.2. The second-order valence-electron chi connectivity index (χ2n) is 4.64. The van der Waals surface area contributed by atoms with E-state index in [1.807, 2.05) is 13.0 Å². The van der Waals surface area contributed by atoms with Gasteiger partial charge in [0.15, 0.2) is 0 Å². The van der Waals surface area contributed by atoms with E-state index in [4.69, 9.17) is 0 Å². The molecule has 1 unspecified atom stereocenters. The Balaban J connectivity index is 2.28. The third-order valence-electron chi connectivity index (χ3n) is 2.97. The van der Waals surface area contributed by atoms with Crippen LogP contribution in [-0.2, 0) is 10.0 Å². The van der Waals surface area contributed by atoms with Gasteiger partial charge >= 0.3 is 0 Å². The Bertz CT molecular complexity index is 663. The van der Waals surface area contributed by atoms with Gasteiger partial charge in [-0.15, -0.1) is 0 Å². The highest BCUT2D eigenvalue weighted by Gasteiger charge is 2.20. The van der Waals surface area contributed by atoms with Crippen molar-refractivity contribution >= 4 is 10.0 Å². The number of rotatable bonds is 4. The maximum atomic E-state index is 12.3. The molecule has 0 fully saturated rings. The molecule has 0 aliphatic carbocycles. The summed E-state index contributed by atoms with van der Waals surface area (Å²) in [6.45, 7) is 5.51. The minimum absolute atomic E-state index is 0.313. The summed E-state index contributed by atoms with van der Waals surface area (Å²) in [7, 11) is -3.52. The largest absolute Gasteiger partial charge is 0.285 e. The van der Waals surface area contributed by atoms with Gasteiger partial charge in [-0.05, 0) is 32.4 Å². The van der Waals surface area contributed by atoms with E-state index in [9.17, 15) is 8.42 Å². The number of hydrogen-bond donors (Lipinski definition) is 2. The van der Waals surface area contributed by atoms with Crippen LogP contribution in [0.2, 0.25) is 0 Å². The van der Waals surface area contributed by atoms with Gasteiger partial charge in [0, 0.05) is 17.8 Å². The predicted molar refractivity (Wildman–Crippen MR) is 73.2 cm³/mol. The molecule has 2 N–H and O–H groups in total. The molecule has 0 bridgehead atoms. The van der Waals surface area contributed by atoms with Crippen molar-refractivity contribution < 1.29 is 8.42 Å². The molecule has 0 saturated heterocycles. The number of hydrogen-bond acceptors (Lipinski definition) is 3. The van der Waals surface area contributed by atoms with Gasteiger partial charge in [-0.25, -0.2) is 13.1 Å². The molecule has 0 aliphatic rings. The lowest BCUT2D eigenvalue weighted by molar-refractivity contribution is 0.566. The fourth-order valence-electron chi connectivity index (χ4n) is 1.96. The molecule has 1 aromatic carbocycles. The van der Waals surface area contributed by atoms with Gasteiger partial charge in [0.1, 0.15) is 0 Å². The maximum absolute atomic E-state index is 12.3. The highest BCUT2D eigenvalue weighted by Crippen LogP contribution is 2.19. The Labute approximate surface area is 113 Å². The molecule has 1 aromatic heterocycles. The molecular formula is C13H17N3O2S. The summed E-state index contributed by atoms with van der Waals surface area (Å²) in [5, 5.41) is 6.49. The molecule has 0 aliphatic heterocycles. The third-order valence-corrected chi connectivity index (χ3v) is 4.67. The first kappa shape index (κ1) is 13.8. The van der Waals surface area contributed by atoms with Gasteiger partial charge in [-0.2, -0.15) is 5.10 Å². The Morgan fingerprint density at radius 1 is 1.32 bits per heavy atom. The number of aryl methyl sites for hydroxylation is 2. The van der Waals surface area contributed by atoms with Crippen LogP contribution in [0.5, 0.6) is 0 Å². The normalized spacial score (nSPS) is 13.4. The minimum atomic E-state index is -3.52. The van der Waals surface area contributed by atoms with E-state index in [0.717, 1.165) is 16.7 Å². The summed E-state index contributed by atoms with van der Waals surface area (Å²) >= 11 is 0. The van der Waals surface area contributed by atoms with Gasteiger partial charge < -0.3 is 0 Å². The molecule has 6 heteroatoms. The second kappa shape index (κ2) is 5.14. The summed E-state index contributed by atoms with van der Waals surface area (Å²) in [5.74, 6) is 0. The predicted octanol–water partition coefficient (Wildman–Crippen LogP) is 2.07. The first-order chi connectivity index (χ1) is 8.90. The summed E-state index contributed by atoms with van der Waals surface area (Å²) in [6, 6.07) is 4.96. The summed E-state index contributed by atoms with van der Waals surface area (Å²) in [4.78, 5) is 0.313. The van der Waals surface area contributed by atoms with Crippen LogP contribution in [0.25, 0.3) is 0 Å². The molecular weight excluding hydrogens is 262 g/mol. The van der Waals surface area contributed by atoms with E-state index in [-0.39, 0.29) is 6.04 Å². The quantitative estimate of drug-likeness (QED) is 0.899. The van der Waals surface area contributed by atoms with Crippen LogP contribution < -0.4 is 4.72 Å². The van der Waals surface area contributed by atoms with Gasteiger partial charge in [-0.3, -0.25) is 5.10 Å². The van der Waals surface area contributed by atoms with E-state index in [1.165, 1.54) is 0 Å². The van der Waals surface area contributed by atoms with Crippen molar-refractivity contribution in [3.63, 3.8) is 0 Å². The summed E-state index contributed by atoms with van der Waals surface area (Å²) < 4.78 is 27.3. The zero-order valence-electron chi connectivity index (χ0n) is 11.1. The molecule has 5 nitrogen and oxygen atoms in total. The van der Waals surface area contributed by atoms with E-state index >= 15 is 0 Å². The highest BCUT2D eigenvalue weighted by molar-refractivity contribution is 7.89. The number of sulfonamides is 1. The van der Waals surface area contributed by atoms with E-state index in [2.05, 4.69) is 14.9 Å². The molecule has 1 heterocycles. The maximum Gasteiger partial charge on any atom is 0.241 e. The molecule has 0 saturated carbocycles. The number of aromatic nitrogens is 2. The van der Waals surface area contributed by atoms with Crippen molar-refractivity contribution in [3.05, 3.63) is 47.3 Å². The first-order valence-corrected chi connectivity index (χ1v) is 7.47. The number of nitrogens with one attached hydrogen (secondary N) is 2. The number of H-pyrrole nitrogens is 1. The Hall–Kier alpha value is -1.66. The molecule has 0 amide bonds. The fourth-order valence-corrected chi connectivity index (χ4v) is 3.42. The first-order valence-electron chi connectivity index (χ1n) is 5.98. The standard InChI is InChI=1S/C13H17N3O2S/c1-9-4-5-13(10(2)6-9)19(17,18)16-11(3)12-7-14-15-8-12/h4-8,11,16H,1-3H3,(H,14,15). The number of aromatic amines is 1. The van der Waals surface area contributed by atoms with Crippen LogP contribution in [-0.4, -0.2) is 18.6 Å². The van der Waals surface area contributed by atoms with Crippen LogP contribution >= 0.6 is 0 Å². The molecule has 0 radical (unpaired) electrons. The SMILES string of the molecule is Cc1ccc(S(=O)(=O)NC(C)c2cn[nH]c2)c(C)c1. The molecule has 2 aromatic rings. The topological polar surface area (TPSA) is 74.8 Å². The summed E-state index contributed by atoms with van der Waals surface area (Å²) in [6.07, 6.45) is 3.28. The minimum Gasteiger partial charge on any atom is -0.285 e. The van der Waals surface area contributed by atoms with Crippen LogP contribution in [0.4, 0.5) is 0 Å². The molecule has 1 atom stereocenters. The average molecular weight is 279 g/mol. The van der Waals surface area contributed by atoms with Crippen molar-refractivity contribution in [2.45, 2.75) is 31.7 Å². The fraction of sp³-hybridized carbons (Fsp3) is 0.308. The second-order valence-corrected chi connectivity index (χ2v) is 6.33. The Morgan fingerprint density at radius 2 is 2.05 bits per heavy atom. The van der Waals surface area contributed by atoms with Crippen LogP contribution in [0.3, 0.4) is 0 Å². The van der Waals surface area contributed by atoms with Crippen molar-refractivity contribution in [2.75, 3.05) is 0 Å². The van der Waals surface area contributed by atoms with Gasteiger partial charge in [0.05, 0.1) is 11.1 Å². The van der Waals surface area contributed by atoms with Gasteiger partial charge in [0.25, 0.3) is 0 Å². The monoisotopic (exact) mass is 279 g/mol. The van der Waals surface area contributed by atoms with Crippen molar-refractivity contribution in [1.82, 2.24) is 14.9 Å². The lowest BCUT2D eigenvalue weighted by atomic mass is 10.2. The molecule has 0 spiro atoms. The van der Waals surface area contributed by atoms with Crippen molar-refractivity contribution in [1.29, 1.82) is 0 Å². The van der Waals surface area contributed by atoms with Crippen molar-refractivity contribution in [2.24, 2.45) is 0 Å². The molecule has 19 heavy (non-hydrogen) atoms. The molecule has 2 rings (SSSR count). The number of benzene rings is 1. The zero-order valence-corrected chi connectivity index (χ0v) is 12.0. The van der Waals surface area contributed by atoms with Crippen LogP contribution in [0.1, 0.15) is 29.7 Å². The van der Waals surface area contributed by atoms with Crippen LogP contribution in [0, 0.1) is 13.8 Å². The summed E-state index contributed by atoms with van der Waals surface area (Å²) in [5.41, 5.74) is 2.58. The van der Waals surface area contributed by atoms with E-state index in [1.54, 1.807) is 38.4 Å². The lowest BCUT2D eigenvalue weighted by Gasteiger charge is -2.14. The van der Waals surface area contributed by atoms with Crippen LogP contribution in [0.15, 0.2) is 35.5 Å². The van der Waals surface area contributed by atoms with E-state index < -0.39 is 10.0 Å².